The zero-order valence-corrected chi connectivity index (χ0v) is 19.0. The van der Waals surface area contributed by atoms with Crippen molar-refractivity contribution in [1.29, 1.82) is 0 Å². The summed E-state index contributed by atoms with van der Waals surface area (Å²) in [5.41, 5.74) is 4.64. The van der Waals surface area contributed by atoms with Gasteiger partial charge in [0.05, 0.1) is 11.3 Å². The summed E-state index contributed by atoms with van der Waals surface area (Å²) in [4.78, 5) is 34.7. The highest BCUT2D eigenvalue weighted by molar-refractivity contribution is 6.45. The number of benzene rings is 2. The number of aromatic nitrogens is 1. The average molecular weight is 444 g/mol. The minimum atomic E-state index is -0.394. The number of hydrogen-bond acceptors (Lipinski definition) is 4. The van der Waals surface area contributed by atoms with E-state index in [9.17, 15) is 14.0 Å². The molecule has 1 aromatic heterocycles. The second-order valence-corrected chi connectivity index (χ2v) is 8.15. The smallest absolute Gasteiger partial charge is 0.282 e. The fraction of sp³-hybridized carbons (Fsp3) is 0.222. The molecule has 0 saturated carbocycles. The molecule has 0 atom stereocenters. The van der Waals surface area contributed by atoms with Gasteiger partial charge < -0.3 is 4.90 Å². The van der Waals surface area contributed by atoms with Crippen molar-refractivity contribution in [3.05, 3.63) is 101 Å². The number of pyridine rings is 1. The van der Waals surface area contributed by atoms with Crippen LogP contribution in [-0.2, 0) is 16.0 Å². The van der Waals surface area contributed by atoms with Crippen LogP contribution in [0.15, 0.2) is 72.7 Å². The average Bonchev–Trinajstić information content (AvgIpc) is 3.07. The van der Waals surface area contributed by atoms with Gasteiger partial charge in [0, 0.05) is 25.5 Å². The molecule has 0 radical (unpaired) electrons. The fourth-order valence-corrected chi connectivity index (χ4v) is 4.11. The van der Waals surface area contributed by atoms with Crippen LogP contribution in [0, 0.1) is 19.7 Å². The van der Waals surface area contributed by atoms with E-state index in [0.717, 1.165) is 16.7 Å². The molecule has 33 heavy (non-hydrogen) atoms. The molecule has 0 fully saturated rings. The second-order valence-electron chi connectivity index (χ2n) is 8.15. The molecule has 0 N–H and O–H groups in total. The standard InChI is InChI=1S/C27H26FN3O2/c1-4-30(16-13-20-11-14-29-15-12-20)25-24(21-7-9-22(28)10-8-21)26(32)31(27(25)33)23-17-18(2)5-6-19(23)3/h5-12,14-15,17H,4,13,16H2,1-3H3. The molecule has 3 aromatic rings. The van der Waals surface area contributed by atoms with Crippen molar-refractivity contribution in [1.82, 2.24) is 9.88 Å². The van der Waals surface area contributed by atoms with Crippen molar-refractivity contribution >= 4 is 23.1 Å². The van der Waals surface area contributed by atoms with Crippen LogP contribution >= 0.6 is 0 Å². The van der Waals surface area contributed by atoms with E-state index in [1.54, 1.807) is 24.5 Å². The topological polar surface area (TPSA) is 53.5 Å². The minimum Gasteiger partial charge on any atom is -0.366 e. The van der Waals surface area contributed by atoms with E-state index >= 15 is 0 Å². The molecule has 5 nitrogen and oxygen atoms in total. The largest absolute Gasteiger partial charge is 0.366 e. The number of likely N-dealkylation sites (N-methyl/N-ethyl adjacent to an activating group) is 1. The first-order chi connectivity index (χ1) is 15.9. The van der Waals surface area contributed by atoms with Crippen LogP contribution in [0.25, 0.3) is 5.57 Å². The Morgan fingerprint density at radius 2 is 1.64 bits per heavy atom. The Bertz CT molecular complexity index is 1220. The van der Waals surface area contributed by atoms with Gasteiger partial charge >= 0.3 is 0 Å². The molecule has 168 valence electrons. The number of anilines is 1. The number of hydrogen-bond donors (Lipinski definition) is 0. The van der Waals surface area contributed by atoms with Crippen molar-refractivity contribution in [2.24, 2.45) is 0 Å². The van der Waals surface area contributed by atoms with E-state index in [0.29, 0.717) is 42.0 Å². The number of carbonyl (C=O) groups is 2. The van der Waals surface area contributed by atoms with Gasteiger partial charge in [0.1, 0.15) is 11.5 Å². The van der Waals surface area contributed by atoms with Crippen molar-refractivity contribution in [3.8, 4) is 0 Å². The zero-order valence-electron chi connectivity index (χ0n) is 19.0. The third-order valence-corrected chi connectivity index (χ3v) is 5.92. The molecule has 2 aromatic carbocycles. The summed E-state index contributed by atoms with van der Waals surface area (Å²) in [5.74, 6) is -1.14. The molecule has 4 rings (SSSR count). The zero-order chi connectivity index (χ0) is 23.5. The molecule has 1 aliphatic heterocycles. The van der Waals surface area contributed by atoms with Crippen LogP contribution in [0.1, 0.15) is 29.2 Å². The van der Waals surface area contributed by atoms with E-state index in [1.807, 2.05) is 56.0 Å². The van der Waals surface area contributed by atoms with E-state index < -0.39 is 11.7 Å². The number of carbonyl (C=O) groups excluding carboxylic acids is 2. The number of nitrogens with zero attached hydrogens (tertiary/aromatic N) is 3. The fourth-order valence-electron chi connectivity index (χ4n) is 4.11. The Balaban J connectivity index is 1.79. The third-order valence-electron chi connectivity index (χ3n) is 5.92. The van der Waals surface area contributed by atoms with Crippen molar-refractivity contribution < 1.29 is 14.0 Å². The van der Waals surface area contributed by atoms with Gasteiger partial charge in [-0.25, -0.2) is 9.29 Å². The Hall–Kier alpha value is -3.80. The van der Waals surface area contributed by atoms with Gasteiger partial charge in [-0.2, -0.15) is 0 Å². The summed E-state index contributed by atoms with van der Waals surface area (Å²) in [6, 6.07) is 15.3. The van der Waals surface area contributed by atoms with E-state index in [1.165, 1.54) is 17.0 Å². The molecule has 2 amide bonds. The van der Waals surface area contributed by atoms with Gasteiger partial charge in [-0.3, -0.25) is 14.6 Å². The predicted octanol–water partition coefficient (Wildman–Crippen LogP) is 4.69. The Kier molecular flexibility index (Phi) is 6.36. The van der Waals surface area contributed by atoms with Crippen LogP contribution in [0.3, 0.4) is 0 Å². The Morgan fingerprint density at radius 1 is 0.939 bits per heavy atom. The normalized spacial score (nSPS) is 13.8. The molecular weight excluding hydrogens is 417 g/mol. The summed E-state index contributed by atoms with van der Waals surface area (Å²) in [5, 5.41) is 0. The number of amides is 2. The van der Waals surface area contributed by atoms with Crippen LogP contribution in [-0.4, -0.2) is 34.8 Å². The predicted molar refractivity (Wildman–Crippen MR) is 127 cm³/mol. The lowest BCUT2D eigenvalue weighted by Crippen LogP contribution is -2.36. The first-order valence-corrected chi connectivity index (χ1v) is 11.0. The lowest BCUT2D eigenvalue weighted by molar-refractivity contribution is -0.120. The SMILES string of the molecule is CCN(CCc1ccncc1)C1=C(c2ccc(F)cc2)C(=O)N(c2cc(C)ccc2C)C1=O. The monoisotopic (exact) mass is 443 g/mol. The van der Waals surface area contributed by atoms with Gasteiger partial charge in [0.25, 0.3) is 11.8 Å². The maximum absolute atomic E-state index is 13.8. The summed E-state index contributed by atoms with van der Waals surface area (Å²) in [7, 11) is 0. The highest BCUT2D eigenvalue weighted by Gasteiger charge is 2.42. The summed E-state index contributed by atoms with van der Waals surface area (Å²) < 4.78 is 13.6. The van der Waals surface area contributed by atoms with Crippen LogP contribution in [0.2, 0.25) is 0 Å². The molecule has 0 aliphatic carbocycles. The Morgan fingerprint density at radius 3 is 2.30 bits per heavy atom. The maximum atomic E-state index is 13.8. The minimum absolute atomic E-state index is 0.303. The van der Waals surface area contributed by atoms with Gasteiger partial charge in [-0.05, 0) is 79.8 Å². The molecular formula is C27H26FN3O2. The summed E-state index contributed by atoms with van der Waals surface area (Å²) >= 11 is 0. The van der Waals surface area contributed by atoms with Crippen LogP contribution in [0.5, 0.6) is 0 Å². The quantitative estimate of drug-likeness (QED) is 0.498. The van der Waals surface area contributed by atoms with Gasteiger partial charge in [-0.1, -0.05) is 24.3 Å². The van der Waals surface area contributed by atoms with E-state index in [2.05, 4.69) is 4.98 Å². The first-order valence-electron chi connectivity index (χ1n) is 11.0. The molecule has 0 saturated heterocycles. The molecule has 0 spiro atoms. The van der Waals surface area contributed by atoms with E-state index in [4.69, 9.17) is 0 Å². The molecule has 2 heterocycles. The molecule has 0 unspecified atom stereocenters. The first kappa shape index (κ1) is 22.4. The van der Waals surface area contributed by atoms with Crippen molar-refractivity contribution in [2.45, 2.75) is 27.2 Å². The number of rotatable bonds is 7. The summed E-state index contributed by atoms with van der Waals surface area (Å²) in [6.45, 7) is 6.87. The second kappa shape index (κ2) is 9.36. The van der Waals surface area contributed by atoms with Gasteiger partial charge in [0.15, 0.2) is 0 Å². The van der Waals surface area contributed by atoms with Crippen LogP contribution in [0.4, 0.5) is 10.1 Å². The van der Waals surface area contributed by atoms with E-state index in [-0.39, 0.29) is 5.91 Å². The van der Waals surface area contributed by atoms with Crippen molar-refractivity contribution in [2.75, 3.05) is 18.0 Å². The summed E-state index contributed by atoms with van der Waals surface area (Å²) in [6.07, 6.45) is 4.17. The third kappa shape index (κ3) is 4.42. The van der Waals surface area contributed by atoms with Gasteiger partial charge in [-0.15, -0.1) is 0 Å². The highest BCUT2D eigenvalue weighted by Crippen LogP contribution is 2.36. The number of halogens is 1. The maximum Gasteiger partial charge on any atom is 0.282 e. The molecule has 6 heteroatoms. The number of imide groups is 1. The highest BCUT2D eigenvalue weighted by atomic mass is 19.1. The van der Waals surface area contributed by atoms with Crippen molar-refractivity contribution in [3.63, 3.8) is 0 Å². The molecule has 0 bridgehead atoms. The lowest BCUT2D eigenvalue weighted by Gasteiger charge is -2.25. The van der Waals surface area contributed by atoms with Crippen LogP contribution < -0.4 is 4.90 Å². The number of aryl methyl sites for hydroxylation is 2. The Labute approximate surface area is 193 Å². The lowest BCUT2D eigenvalue weighted by atomic mass is 10.0. The van der Waals surface area contributed by atoms with Gasteiger partial charge in [0.2, 0.25) is 0 Å². The molecule has 1 aliphatic rings.